The maximum Gasteiger partial charge on any atom is 0.0725 e. The molecule has 0 atom stereocenters. The van der Waals surface area contributed by atoms with E-state index in [0.29, 0.717) is 0 Å². The number of aryl methyl sites for hydroxylation is 1. The molecule has 0 unspecified atom stereocenters. The monoisotopic (exact) mass is 263 g/mol. The standard InChI is InChI=1S/C17H17N3/c1-13-11-17(15-6-2-3-7-16(15)20-13)19-10-8-14-5-4-9-18-12-14/h2-7,9,11-12H,8,10H2,1H3,(H,19,20). The van der Waals surface area contributed by atoms with E-state index in [1.54, 1.807) is 6.20 Å². The molecule has 0 saturated heterocycles. The van der Waals surface area contributed by atoms with Crippen LogP contribution in [0.4, 0.5) is 5.69 Å². The van der Waals surface area contributed by atoms with Crippen molar-refractivity contribution in [1.82, 2.24) is 9.97 Å². The summed E-state index contributed by atoms with van der Waals surface area (Å²) in [5, 5.41) is 4.68. The van der Waals surface area contributed by atoms with Gasteiger partial charge in [0.25, 0.3) is 0 Å². The molecule has 1 N–H and O–H groups in total. The molecule has 100 valence electrons. The smallest absolute Gasteiger partial charge is 0.0725 e. The molecule has 3 nitrogen and oxygen atoms in total. The van der Waals surface area contributed by atoms with Gasteiger partial charge in [0, 0.05) is 35.7 Å². The molecule has 20 heavy (non-hydrogen) atoms. The molecule has 0 amide bonds. The number of rotatable bonds is 4. The van der Waals surface area contributed by atoms with Crippen LogP contribution in [0, 0.1) is 6.92 Å². The number of anilines is 1. The Kier molecular flexibility index (Phi) is 3.59. The number of hydrogen-bond acceptors (Lipinski definition) is 3. The maximum absolute atomic E-state index is 4.55. The van der Waals surface area contributed by atoms with Crippen LogP contribution >= 0.6 is 0 Å². The Morgan fingerprint density at radius 2 is 2.00 bits per heavy atom. The van der Waals surface area contributed by atoms with Crippen molar-refractivity contribution in [2.75, 3.05) is 11.9 Å². The predicted octanol–water partition coefficient (Wildman–Crippen LogP) is 3.59. The van der Waals surface area contributed by atoms with Crippen molar-refractivity contribution in [1.29, 1.82) is 0 Å². The van der Waals surface area contributed by atoms with Gasteiger partial charge in [0.15, 0.2) is 0 Å². The van der Waals surface area contributed by atoms with Crippen LogP contribution in [0.2, 0.25) is 0 Å². The van der Waals surface area contributed by atoms with Crippen LogP contribution in [0.15, 0.2) is 54.9 Å². The number of benzene rings is 1. The zero-order valence-electron chi connectivity index (χ0n) is 11.5. The van der Waals surface area contributed by atoms with Gasteiger partial charge in [-0.1, -0.05) is 24.3 Å². The molecule has 0 fully saturated rings. The van der Waals surface area contributed by atoms with E-state index >= 15 is 0 Å². The Labute approximate surface area is 118 Å². The average Bonchev–Trinajstić information content (AvgIpc) is 2.48. The Morgan fingerprint density at radius 3 is 2.85 bits per heavy atom. The van der Waals surface area contributed by atoms with Crippen LogP contribution in [0.3, 0.4) is 0 Å². The van der Waals surface area contributed by atoms with Crippen molar-refractivity contribution in [2.45, 2.75) is 13.3 Å². The summed E-state index contributed by atoms with van der Waals surface area (Å²) in [6.07, 6.45) is 4.68. The second-order valence-electron chi connectivity index (χ2n) is 4.87. The Hall–Kier alpha value is -2.42. The molecule has 3 heteroatoms. The van der Waals surface area contributed by atoms with E-state index in [0.717, 1.165) is 29.9 Å². The summed E-state index contributed by atoms with van der Waals surface area (Å²) in [6.45, 7) is 2.91. The highest BCUT2D eigenvalue weighted by Crippen LogP contribution is 2.22. The van der Waals surface area contributed by atoms with E-state index < -0.39 is 0 Å². The number of fused-ring (bicyclic) bond motifs is 1. The van der Waals surface area contributed by atoms with Crippen molar-refractivity contribution in [2.24, 2.45) is 0 Å². The first-order valence-corrected chi connectivity index (χ1v) is 6.82. The highest BCUT2D eigenvalue weighted by Gasteiger charge is 2.03. The van der Waals surface area contributed by atoms with Crippen molar-refractivity contribution < 1.29 is 0 Å². The summed E-state index contributed by atoms with van der Waals surface area (Å²) < 4.78 is 0. The van der Waals surface area contributed by atoms with Gasteiger partial charge in [-0.05, 0) is 37.1 Å². The highest BCUT2D eigenvalue weighted by atomic mass is 14.9. The van der Waals surface area contributed by atoms with Crippen molar-refractivity contribution in [3.05, 3.63) is 66.1 Å². The molecule has 0 radical (unpaired) electrons. The van der Waals surface area contributed by atoms with Gasteiger partial charge in [-0.25, -0.2) is 0 Å². The fourth-order valence-corrected chi connectivity index (χ4v) is 2.34. The highest BCUT2D eigenvalue weighted by molar-refractivity contribution is 5.91. The first kappa shape index (κ1) is 12.6. The third-order valence-electron chi connectivity index (χ3n) is 3.30. The van der Waals surface area contributed by atoms with Gasteiger partial charge in [0.2, 0.25) is 0 Å². The largest absolute Gasteiger partial charge is 0.384 e. The quantitative estimate of drug-likeness (QED) is 0.781. The van der Waals surface area contributed by atoms with Gasteiger partial charge in [0.1, 0.15) is 0 Å². The van der Waals surface area contributed by atoms with Gasteiger partial charge in [-0.15, -0.1) is 0 Å². The van der Waals surface area contributed by atoms with E-state index in [1.165, 1.54) is 10.9 Å². The van der Waals surface area contributed by atoms with E-state index in [4.69, 9.17) is 0 Å². The second-order valence-corrected chi connectivity index (χ2v) is 4.87. The van der Waals surface area contributed by atoms with Crippen LogP contribution in [0.25, 0.3) is 10.9 Å². The molecule has 0 aliphatic heterocycles. The van der Waals surface area contributed by atoms with Gasteiger partial charge >= 0.3 is 0 Å². The molecule has 2 heterocycles. The van der Waals surface area contributed by atoms with Crippen LogP contribution < -0.4 is 5.32 Å². The summed E-state index contributed by atoms with van der Waals surface area (Å²) in [5.74, 6) is 0. The fourth-order valence-electron chi connectivity index (χ4n) is 2.34. The number of hydrogen-bond donors (Lipinski definition) is 1. The van der Waals surface area contributed by atoms with E-state index in [-0.39, 0.29) is 0 Å². The second kappa shape index (κ2) is 5.70. The van der Waals surface area contributed by atoms with E-state index in [9.17, 15) is 0 Å². The van der Waals surface area contributed by atoms with Crippen LogP contribution in [0.1, 0.15) is 11.3 Å². The van der Waals surface area contributed by atoms with Gasteiger partial charge in [-0.2, -0.15) is 0 Å². The van der Waals surface area contributed by atoms with Crippen LogP contribution in [-0.2, 0) is 6.42 Å². The number of nitrogens with zero attached hydrogens (tertiary/aromatic N) is 2. The normalized spacial score (nSPS) is 10.7. The van der Waals surface area contributed by atoms with Gasteiger partial charge in [0.05, 0.1) is 5.52 Å². The third kappa shape index (κ3) is 2.77. The topological polar surface area (TPSA) is 37.8 Å². The van der Waals surface area contributed by atoms with Crippen LogP contribution in [0.5, 0.6) is 0 Å². The zero-order chi connectivity index (χ0) is 13.8. The predicted molar refractivity (Wildman–Crippen MR) is 82.9 cm³/mol. The molecule has 0 spiro atoms. The number of para-hydroxylation sites is 1. The lowest BCUT2D eigenvalue weighted by atomic mass is 10.1. The lowest BCUT2D eigenvalue weighted by Crippen LogP contribution is -2.06. The summed E-state index contributed by atoms with van der Waals surface area (Å²) >= 11 is 0. The third-order valence-corrected chi connectivity index (χ3v) is 3.30. The minimum atomic E-state index is 0.888. The van der Waals surface area contributed by atoms with Crippen molar-refractivity contribution in [3.8, 4) is 0 Å². The molecule has 2 aromatic heterocycles. The SMILES string of the molecule is Cc1cc(NCCc2cccnc2)c2ccccc2n1. The Balaban J connectivity index is 1.77. The van der Waals surface area contributed by atoms with E-state index in [1.807, 2.05) is 31.3 Å². The zero-order valence-corrected chi connectivity index (χ0v) is 11.5. The number of pyridine rings is 2. The lowest BCUT2D eigenvalue weighted by molar-refractivity contribution is 1.01. The molecule has 0 aliphatic rings. The van der Waals surface area contributed by atoms with Crippen LogP contribution in [-0.4, -0.2) is 16.5 Å². The maximum atomic E-state index is 4.55. The fraction of sp³-hybridized carbons (Fsp3) is 0.176. The molecular weight excluding hydrogens is 246 g/mol. The van der Waals surface area contributed by atoms with Crippen molar-refractivity contribution >= 4 is 16.6 Å². The Bertz CT molecular complexity index is 708. The first-order chi connectivity index (χ1) is 9.83. The summed E-state index contributed by atoms with van der Waals surface area (Å²) in [4.78, 5) is 8.69. The molecule has 0 aliphatic carbocycles. The average molecular weight is 263 g/mol. The summed E-state index contributed by atoms with van der Waals surface area (Å²) in [7, 11) is 0. The molecule has 3 rings (SSSR count). The lowest BCUT2D eigenvalue weighted by Gasteiger charge is -2.10. The summed E-state index contributed by atoms with van der Waals surface area (Å²) in [5.41, 5.74) is 4.47. The Morgan fingerprint density at radius 1 is 1.10 bits per heavy atom. The minimum Gasteiger partial charge on any atom is -0.384 e. The number of aromatic nitrogens is 2. The molecule has 0 saturated carbocycles. The number of nitrogens with one attached hydrogen (secondary N) is 1. The molecule has 1 aromatic carbocycles. The molecule has 3 aromatic rings. The first-order valence-electron chi connectivity index (χ1n) is 6.82. The molecular formula is C17H17N3. The molecule has 0 bridgehead atoms. The summed E-state index contributed by atoms with van der Waals surface area (Å²) in [6, 6.07) is 14.4. The minimum absolute atomic E-state index is 0.888. The van der Waals surface area contributed by atoms with Gasteiger partial charge < -0.3 is 5.32 Å². The van der Waals surface area contributed by atoms with Crippen molar-refractivity contribution in [3.63, 3.8) is 0 Å². The van der Waals surface area contributed by atoms with Gasteiger partial charge in [-0.3, -0.25) is 9.97 Å². The van der Waals surface area contributed by atoms with E-state index in [2.05, 4.69) is 39.6 Å².